The third kappa shape index (κ3) is 3.50. The molecule has 0 spiro atoms. The number of hydrogen-bond acceptors (Lipinski definition) is 1. The molecule has 0 aromatic heterocycles. The van der Waals surface area contributed by atoms with E-state index in [1.54, 1.807) is 11.1 Å². The van der Waals surface area contributed by atoms with Crippen molar-refractivity contribution in [1.29, 1.82) is 0 Å². The van der Waals surface area contributed by atoms with Gasteiger partial charge in [-0.1, -0.05) is 65.8 Å². The molecule has 0 aromatic rings. The van der Waals surface area contributed by atoms with Crippen molar-refractivity contribution < 1.29 is 5.11 Å². The van der Waals surface area contributed by atoms with Crippen molar-refractivity contribution in [2.45, 2.75) is 92.6 Å². The van der Waals surface area contributed by atoms with Gasteiger partial charge in [-0.2, -0.15) is 0 Å². The van der Waals surface area contributed by atoms with Crippen LogP contribution in [0.15, 0.2) is 35.5 Å². The lowest BCUT2D eigenvalue weighted by atomic mass is 9.51. The lowest BCUT2D eigenvalue weighted by molar-refractivity contribution is 0.0316. The van der Waals surface area contributed by atoms with Gasteiger partial charge in [0, 0.05) is 0 Å². The predicted molar refractivity (Wildman–Crippen MR) is 123 cm³/mol. The van der Waals surface area contributed by atoms with E-state index in [0.29, 0.717) is 28.6 Å². The summed E-state index contributed by atoms with van der Waals surface area (Å²) in [6, 6.07) is 0. The molecule has 1 N–H and O–H groups in total. The Morgan fingerprint density at radius 1 is 1.03 bits per heavy atom. The quantitative estimate of drug-likeness (QED) is 0.493. The topological polar surface area (TPSA) is 20.2 Å². The predicted octanol–water partition coefficient (Wildman–Crippen LogP) is 7.33. The van der Waals surface area contributed by atoms with Crippen molar-refractivity contribution in [2.24, 2.45) is 46.3 Å². The standard InChI is InChI=1S/C28H44O/c1-18(2)19(3)7-8-20(4)24-11-12-25-23-10-9-21-17-22(29)13-15-27(21,5)26(23)14-16-28(24,25)6/h7-8,10,14,18-22,24-25,29H,9,11-13,15-17H2,1-6H3/b8-7+/t19-,20+,21?,22?,24?,25?,27?,28?/m0/s1. The zero-order valence-electron chi connectivity index (χ0n) is 19.7. The van der Waals surface area contributed by atoms with Crippen molar-refractivity contribution >= 4 is 0 Å². The average molecular weight is 397 g/mol. The Hall–Kier alpha value is -0.820. The minimum absolute atomic E-state index is 0.0748. The molecule has 1 nitrogen and oxygen atoms in total. The highest BCUT2D eigenvalue weighted by Gasteiger charge is 2.55. The maximum atomic E-state index is 10.2. The fraction of sp³-hybridized carbons (Fsp3) is 0.786. The van der Waals surface area contributed by atoms with Crippen LogP contribution in [0.4, 0.5) is 0 Å². The highest BCUT2D eigenvalue weighted by Crippen LogP contribution is 2.64. The first-order valence-electron chi connectivity index (χ1n) is 12.4. The first kappa shape index (κ1) is 21.4. The van der Waals surface area contributed by atoms with Crippen molar-refractivity contribution in [2.75, 3.05) is 0 Å². The molecule has 2 fully saturated rings. The number of rotatable bonds is 4. The Labute approximate surface area is 179 Å². The molecular formula is C28H44O. The molecule has 29 heavy (non-hydrogen) atoms. The smallest absolute Gasteiger partial charge is 0.0543 e. The summed E-state index contributed by atoms with van der Waals surface area (Å²) in [5.41, 5.74) is 4.11. The Morgan fingerprint density at radius 3 is 2.52 bits per heavy atom. The molecule has 2 saturated carbocycles. The van der Waals surface area contributed by atoms with E-state index in [9.17, 15) is 5.11 Å². The van der Waals surface area contributed by atoms with E-state index in [4.69, 9.17) is 0 Å². The van der Waals surface area contributed by atoms with E-state index in [2.05, 4.69) is 65.8 Å². The lowest BCUT2D eigenvalue weighted by Gasteiger charge is -2.53. The number of hydrogen-bond donors (Lipinski definition) is 1. The van der Waals surface area contributed by atoms with E-state index in [1.165, 1.54) is 32.1 Å². The Kier molecular flexibility index (Phi) is 5.69. The highest BCUT2D eigenvalue weighted by atomic mass is 16.3. The maximum Gasteiger partial charge on any atom is 0.0543 e. The van der Waals surface area contributed by atoms with Crippen LogP contribution in [-0.2, 0) is 0 Å². The zero-order valence-corrected chi connectivity index (χ0v) is 19.7. The number of aliphatic hydroxyl groups excluding tert-OH is 1. The average Bonchev–Trinajstić information content (AvgIpc) is 3.03. The van der Waals surface area contributed by atoms with Gasteiger partial charge in [0.15, 0.2) is 0 Å². The van der Waals surface area contributed by atoms with Gasteiger partial charge in [0.2, 0.25) is 0 Å². The first-order valence-corrected chi connectivity index (χ1v) is 12.4. The Bertz CT molecular complexity index is 712. The molecule has 0 saturated heterocycles. The molecule has 0 bridgehead atoms. The van der Waals surface area contributed by atoms with Crippen molar-refractivity contribution in [3.8, 4) is 0 Å². The second-order valence-corrected chi connectivity index (χ2v) is 11.8. The summed E-state index contributed by atoms with van der Waals surface area (Å²) >= 11 is 0. The summed E-state index contributed by atoms with van der Waals surface area (Å²) < 4.78 is 0. The monoisotopic (exact) mass is 396 g/mol. The third-order valence-corrected chi connectivity index (χ3v) is 9.94. The summed E-state index contributed by atoms with van der Waals surface area (Å²) in [5.74, 6) is 4.23. The van der Waals surface area contributed by atoms with Crippen LogP contribution in [0.5, 0.6) is 0 Å². The molecule has 162 valence electrons. The molecule has 0 aromatic carbocycles. The third-order valence-electron chi connectivity index (χ3n) is 9.94. The normalized spacial score (nSPS) is 44.0. The van der Waals surface area contributed by atoms with Crippen LogP contribution < -0.4 is 0 Å². The van der Waals surface area contributed by atoms with Gasteiger partial charge in [-0.05, 0) is 102 Å². The number of fused-ring (bicyclic) bond motifs is 5. The zero-order chi connectivity index (χ0) is 21.0. The SMILES string of the molecule is CC(C)[C@@H](C)/C=C/[C@@H](C)C1CCC2C3=CCC4CC(O)CCC4(C)C3=CCC21C. The van der Waals surface area contributed by atoms with Gasteiger partial charge in [0.1, 0.15) is 0 Å². The summed E-state index contributed by atoms with van der Waals surface area (Å²) in [6.45, 7) is 14.6. The van der Waals surface area contributed by atoms with E-state index < -0.39 is 0 Å². The molecular weight excluding hydrogens is 352 g/mol. The van der Waals surface area contributed by atoms with E-state index >= 15 is 0 Å². The molecule has 1 heteroatoms. The van der Waals surface area contributed by atoms with E-state index in [0.717, 1.165) is 30.6 Å². The van der Waals surface area contributed by atoms with Gasteiger partial charge in [-0.25, -0.2) is 0 Å². The summed E-state index contributed by atoms with van der Waals surface area (Å²) in [6.07, 6.45) is 18.5. The molecule has 8 atom stereocenters. The fourth-order valence-corrected chi connectivity index (χ4v) is 7.44. The van der Waals surface area contributed by atoms with Crippen LogP contribution in [-0.4, -0.2) is 11.2 Å². The van der Waals surface area contributed by atoms with Gasteiger partial charge < -0.3 is 5.11 Å². The largest absolute Gasteiger partial charge is 0.393 e. The van der Waals surface area contributed by atoms with E-state index in [1.807, 2.05) is 0 Å². The second-order valence-electron chi connectivity index (χ2n) is 11.8. The number of aliphatic hydroxyl groups is 1. The van der Waals surface area contributed by atoms with Gasteiger partial charge in [-0.3, -0.25) is 0 Å². The lowest BCUT2D eigenvalue weighted by Crippen LogP contribution is -2.44. The molecule has 6 unspecified atom stereocenters. The Morgan fingerprint density at radius 2 is 1.79 bits per heavy atom. The van der Waals surface area contributed by atoms with Crippen molar-refractivity contribution in [1.82, 2.24) is 0 Å². The summed E-state index contributed by atoms with van der Waals surface area (Å²) in [5, 5.41) is 10.2. The number of allylic oxidation sites excluding steroid dienone is 6. The summed E-state index contributed by atoms with van der Waals surface area (Å²) in [4.78, 5) is 0. The van der Waals surface area contributed by atoms with Crippen LogP contribution in [0.1, 0.15) is 86.5 Å². The molecule has 0 heterocycles. The fourth-order valence-electron chi connectivity index (χ4n) is 7.44. The summed E-state index contributed by atoms with van der Waals surface area (Å²) in [7, 11) is 0. The molecule has 4 aliphatic rings. The van der Waals surface area contributed by atoms with Crippen molar-refractivity contribution in [3.63, 3.8) is 0 Å². The minimum Gasteiger partial charge on any atom is -0.393 e. The second kappa shape index (κ2) is 7.70. The first-order chi connectivity index (χ1) is 13.7. The molecule has 4 rings (SSSR count). The van der Waals surface area contributed by atoms with E-state index in [-0.39, 0.29) is 6.10 Å². The molecule has 0 radical (unpaired) electrons. The highest BCUT2D eigenvalue weighted by molar-refractivity contribution is 5.46. The molecule has 0 amide bonds. The van der Waals surface area contributed by atoms with Gasteiger partial charge in [0.25, 0.3) is 0 Å². The van der Waals surface area contributed by atoms with Crippen LogP contribution in [0.3, 0.4) is 0 Å². The van der Waals surface area contributed by atoms with Gasteiger partial charge in [-0.15, -0.1) is 0 Å². The van der Waals surface area contributed by atoms with Crippen LogP contribution >= 0.6 is 0 Å². The van der Waals surface area contributed by atoms with Gasteiger partial charge >= 0.3 is 0 Å². The van der Waals surface area contributed by atoms with Crippen LogP contribution in [0.2, 0.25) is 0 Å². The molecule has 4 aliphatic carbocycles. The molecule has 0 aliphatic heterocycles. The van der Waals surface area contributed by atoms with Crippen LogP contribution in [0.25, 0.3) is 0 Å². The minimum atomic E-state index is -0.0748. The van der Waals surface area contributed by atoms with Crippen LogP contribution in [0, 0.1) is 46.3 Å². The Balaban J connectivity index is 1.58. The van der Waals surface area contributed by atoms with Gasteiger partial charge in [0.05, 0.1) is 6.10 Å². The van der Waals surface area contributed by atoms with Crippen molar-refractivity contribution in [3.05, 3.63) is 35.5 Å². The maximum absolute atomic E-state index is 10.2.